The van der Waals surface area contributed by atoms with Crippen LogP contribution in [0, 0.1) is 11.8 Å². The molecule has 2 nitrogen and oxygen atoms in total. The largest absolute Gasteiger partial charge is 0.347 e. The minimum absolute atomic E-state index is 0.262. The van der Waals surface area contributed by atoms with Gasteiger partial charge in [0.25, 0.3) is 0 Å². The molecule has 0 spiro atoms. The maximum absolute atomic E-state index is 6.25. The molecule has 0 bridgehead atoms. The first kappa shape index (κ1) is 14.1. The summed E-state index contributed by atoms with van der Waals surface area (Å²) < 4.78 is 12.3. The summed E-state index contributed by atoms with van der Waals surface area (Å²) in [6.45, 7) is 10.2. The van der Waals surface area contributed by atoms with Crippen LogP contribution in [0.15, 0.2) is 12.7 Å². The van der Waals surface area contributed by atoms with Gasteiger partial charge in [-0.25, -0.2) is 0 Å². The standard InChI is InChI=1S/C16H28O2/c1-5-9-14-12(2)15(18-16(3,4)17-14)13-10-7-6-8-11-13/h5,12-15H,1,6-11H2,2-4H3/t12-,14-,15-/m0/s1. The molecule has 0 radical (unpaired) electrons. The molecule has 0 aromatic heterocycles. The molecule has 2 heteroatoms. The van der Waals surface area contributed by atoms with Gasteiger partial charge in [-0.3, -0.25) is 0 Å². The van der Waals surface area contributed by atoms with E-state index in [4.69, 9.17) is 9.47 Å². The van der Waals surface area contributed by atoms with Crippen LogP contribution < -0.4 is 0 Å². The Labute approximate surface area is 112 Å². The van der Waals surface area contributed by atoms with Crippen molar-refractivity contribution < 1.29 is 9.47 Å². The van der Waals surface area contributed by atoms with E-state index in [1.165, 1.54) is 32.1 Å². The van der Waals surface area contributed by atoms with Crippen molar-refractivity contribution in [3.63, 3.8) is 0 Å². The van der Waals surface area contributed by atoms with Crippen LogP contribution in [0.2, 0.25) is 0 Å². The summed E-state index contributed by atoms with van der Waals surface area (Å²) in [5.41, 5.74) is 0. The van der Waals surface area contributed by atoms with Crippen LogP contribution in [-0.2, 0) is 9.47 Å². The van der Waals surface area contributed by atoms with Crippen molar-refractivity contribution in [2.45, 2.75) is 77.3 Å². The predicted molar refractivity (Wildman–Crippen MR) is 74.4 cm³/mol. The van der Waals surface area contributed by atoms with Gasteiger partial charge in [-0.05, 0) is 39.0 Å². The molecular weight excluding hydrogens is 224 g/mol. The van der Waals surface area contributed by atoms with Gasteiger partial charge in [-0.1, -0.05) is 32.3 Å². The molecule has 1 aliphatic heterocycles. The molecule has 1 saturated carbocycles. The zero-order valence-corrected chi connectivity index (χ0v) is 12.2. The zero-order chi connectivity index (χ0) is 13.2. The SMILES string of the molecule is C=CC[C@@H]1OC(C)(C)O[C@H](C2CCCCC2)[C@H]1C. The van der Waals surface area contributed by atoms with E-state index in [2.05, 4.69) is 13.5 Å². The van der Waals surface area contributed by atoms with Crippen molar-refractivity contribution in [3.05, 3.63) is 12.7 Å². The third-order valence-electron chi connectivity index (χ3n) is 4.47. The van der Waals surface area contributed by atoms with Gasteiger partial charge < -0.3 is 9.47 Å². The molecule has 1 aliphatic carbocycles. The van der Waals surface area contributed by atoms with Crippen molar-refractivity contribution in [2.75, 3.05) is 0 Å². The van der Waals surface area contributed by atoms with Crippen molar-refractivity contribution in [2.24, 2.45) is 11.8 Å². The van der Waals surface area contributed by atoms with E-state index < -0.39 is 5.79 Å². The smallest absolute Gasteiger partial charge is 0.163 e. The maximum atomic E-state index is 6.25. The maximum Gasteiger partial charge on any atom is 0.163 e. The zero-order valence-electron chi connectivity index (χ0n) is 12.2. The van der Waals surface area contributed by atoms with Gasteiger partial charge in [0.1, 0.15) is 0 Å². The molecule has 2 aliphatic rings. The van der Waals surface area contributed by atoms with Crippen LogP contribution in [0.4, 0.5) is 0 Å². The molecule has 0 amide bonds. The minimum Gasteiger partial charge on any atom is -0.347 e. The fraction of sp³-hybridized carbons (Fsp3) is 0.875. The Morgan fingerprint density at radius 3 is 2.44 bits per heavy atom. The van der Waals surface area contributed by atoms with Gasteiger partial charge in [0.15, 0.2) is 5.79 Å². The van der Waals surface area contributed by atoms with E-state index in [0.717, 1.165) is 12.3 Å². The first-order valence-electron chi connectivity index (χ1n) is 7.50. The highest BCUT2D eigenvalue weighted by atomic mass is 16.7. The van der Waals surface area contributed by atoms with E-state index >= 15 is 0 Å². The molecule has 0 aromatic rings. The normalized spacial score (nSPS) is 37.4. The van der Waals surface area contributed by atoms with Crippen molar-refractivity contribution in [1.29, 1.82) is 0 Å². The third kappa shape index (κ3) is 3.16. The number of rotatable bonds is 3. The van der Waals surface area contributed by atoms with Crippen molar-refractivity contribution in [1.82, 2.24) is 0 Å². The lowest BCUT2D eigenvalue weighted by molar-refractivity contribution is -0.328. The fourth-order valence-corrected chi connectivity index (χ4v) is 3.56. The fourth-order valence-electron chi connectivity index (χ4n) is 3.56. The summed E-state index contributed by atoms with van der Waals surface area (Å²) >= 11 is 0. The molecule has 0 aromatic carbocycles. The molecule has 1 saturated heterocycles. The van der Waals surface area contributed by atoms with E-state index in [1.54, 1.807) is 0 Å². The molecule has 0 unspecified atom stereocenters. The second-order valence-electron chi connectivity index (χ2n) is 6.42. The van der Waals surface area contributed by atoms with E-state index in [0.29, 0.717) is 12.0 Å². The first-order valence-corrected chi connectivity index (χ1v) is 7.50. The van der Waals surface area contributed by atoms with Crippen LogP contribution in [0.1, 0.15) is 59.3 Å². The Morgan fingerprint density at radius 2 is 1.83 bits per heavy atom. The lowest BCUT2D eigenvalue weighted by atomic mass is 9.78. The highest BCUT2D eigenvalue weighted by Crippen LogP contribution is 2.40. The number of hydrogen-bond donors (Lipinski definition) is 0. The number of hydrogen-bond acceptors (Lipinski definition) is 2. The summed E-state index contributed by atoms with van der Waals surface area (Å²) in [7, 11) is 0. The second-order valence-corrected chi connectivity index (χ2v) is 6.42. The van der Waals surface area contributed by atoms with Crippen molar-refractivity contribution >= 4 is 0 Å². The average molecular weight is 252 g/mol. The van der Waals surface area contributed by atoms with E-state index in [-0.39, 0.29) is 6.10 Å². The Hall–Kier alpha value is -0.340. The first-order chi connectivity index (χ1) is 8.53. The highest BCUT2D eigenvalue weighted by molar-refractivity contribution is 4.90. The molecule has 2 fully saturated rings. The van der Waals surface area contributed by atoms with Crippen LogP contribution in [-0.4, -0.2) is 18.0 Å². The Balaban J connectivity index is 2.08. The second kappa shape index (κ2) is 5.75. The molecule has 2 rings (SSSR count). The van der Waals surface area contributed by atoms with Crippen LogP contribution in [0.25, 0.3) is 0 Å². The number of ether oxygens (including phenoxy) is 2. The van der Waals surface area contributed by atoms with Gasteiger partial charge in [0.05, 0.1) is 12.2 Å². The predicted octanol–water partition coefficient (Wildman–Crippen LogP) is 4.30. The summed E-state index contributed by atoms with van der Waals surface area (Å²) in [5, 5.41) is 0. The van der Waals surface area contributed by atoms with Crippen LogP contribution >= 0.6 is 0 Å². The quantitative estimate of drug-likeness (QED) is 0.697. The molecule has 18 heavy (non-hydrogen) atoms. The topological polar surface area (TPSA) is 18.5 Å². The van der Waals surface area contributed by atoms with Crippen molar-refractivity contribution in [3.8, 4) is 0 Å². The molecule has 104 valence electrons. The Bertz CT molecular complexity index is 279. The molecule has 0 N–H and O–H groups in total. The summed E-state index contributed by atoms with van der Waals surface area (Å²) in [6.07, 6.45) is 10.3. The Kier molecular flexibility index (Phi) is 4.50. The monoisotopic (exact) mass is 252 g/mol. The Morgan fingerprint density at radius 1 is 1.17 bits per heavy atom. The van der Waals surface area contributed by atoms with E-state index in [9.17, 15) is 0 Å². The lowest BCUT2D eigenvalue weighted by Crippen LogP contribution is -2.52. The average Bonchev–Trinajstić information content (AvgIpc) is 2.34. The minimum atomic E-state index is -0.442. The lowest BCUT2D eigenvalue weighted by Gasteiger charge is -2.48. The van der Waals surface area contributed by atoms with Gasteiger partial charge in [-0.2, -0.15) is 0 Å². The summed E-state index contributed by atoms with van der Waals surface area (Å²) in [4.78, 5) is 0. The molecule has 1 heterocycles. The van der Waals surface area contributed by atoms with Gasteiger partial charge in [-0.15, -0.1) is 6.58 Å². The highest BCUT2D eigenvalue weighted by Gasteiger charge is 2.43. The van der Waals surface area contributed by atoms with Gasteiger partial charge >= 0.3 is 0 Å². The summed E-state index contributed by atoms with van der Waals surface area (Å²) in [5.74, 6) is 0.755. The van der Waals surface area contributed by atoms with Crippen LogP contribution in [0.3, 0.4) is 0 Å². The molecule has 3 atom stereocenters. The van der Waals surface area contributed by atoms with Gasteiger partial charge in [0.2, 0.25) is 0 Å². The molecular formula is C16H28O2. The van der Waals surface area contributed by atoms with Gasteiger partial charge in [0, 0.05) is 5.92 Å². The third-order valence-corrected chi connectivity index (χ3v) is 4.47. The summed E-state index contributed by atoms with van der Waals surface area (Å²) in [6, 6.07) is 0. The van der Waals surface area contributed by atoms with E-state index in [1.807, 2.05) is 19.9 Å². The van der Waals surface area contributed by atoms with Crippen LogP contribution in [0.5, 0.6) is 0 Å².